The van der Waals surface area contributed by atoms with Crippen LogP contribution in [0.15, 0.2) is 41.5 Å². The second-order valence-electron chi connectivity index (χ2n) is 3.72. The summed E-state index contributed by atoms with van der Waals surface area (Å²) in [6, 6.07) is 7.33. The van der Waals surface area contributed by atoms with Crippen LogP contribution in [0.3, 0.4) is 0 Å². The van der Waals surface area contributed by atoms with E-state index in [-0.39, 0.29) is 5.56 Å². The van der Waals surface area contributed by atoms with Gasteiger partial charge in [-0.05, 0) is 12.1 Å². The zero-order valence-corrected chi connectivity index (χ0v) is 10.6. The number of aromatic nitrogens is 2. The highest BCUT2D eigenvalue weighted by Crippen LogP contribution is 2.19. The van der Waals surface area contributed by atoms with Crippen LogP contribution in [-0.4, -0.2) is 22.0 Å². The number of aromatic amines is 1. The predicted octanol–water partition coefficient (Wildman–Crippen LogP) is 1.17. The summed E-state index contributed by atoms with van der Waals surface area (Å²) in [4.78, 5) is 20.3. The van der Waals surface area contributed by atoms with Gasteiger partial charge in [0.1, 0.15) is 4.99 Å². The Kier molecular flexibility index (Phi) is 3.38. The molecule has 3 N–H and O–H groups in total. The van der Waals surface area contributed by atoms with Gasteiger partial charge in [-0.2, -0.15) is 0 Å². The predicted molar refractivity (Wildman–Crippen MR) is 75.3 cm³/mol. The number of nitrogens with one attached hydrogen (secondary N) is 1. The van der Waals surface area contributed by atoms with Crippen molar-refractivity contribution in [1.29, 1.82) is 0 Å². The van der Waals surface area contributed by atoms with Crippen LogP contribution >= 0.6 is 12.2 Å². The molecule has 0 amide bonds. The third-order valence-electron chi connectivity index (χ3n) is 2.52. The molecule has 0 atom stereocenters. The summed E-state index contributed by atoms with van der Waals surface area (Å²) in [6.45, 7) is 0. The van der Waals surface area contributed by atoms with E-state index in [1.807, 2.05) is 24.3 Å². The molecule has 1 aromatic heterocycles. The number of hydrogen-bond acceptors (Lipinski definition) is 4. The van der Waals surface area contributed by atoms with E-state index >= 15 is 0 Å². The van der Waals surface area contributed by atoms with E-state index in [4.69, 9.17) is 18.0 Å². The standard InChI is InChI=1S/C12H12N4OS/c1-16(11-12(17)15-6-5-14-11)9-4-2-3-8(7-9)10(13)18/h2-7H,1H3,(H2,13,18)(H,15,17). The van der Waals surface area contributed by atoms with Gasteiger partial charge >= 0.3 is 0 Å². The molecule has 0 aliphatic heterocycles. The van der Waals surface area contributed by atoms with Gasteiger partial charge in [0.05, 0.1) is 0 Å². The third kappa shape index (κ3) is 2.38. The van der Waals surface area contributed by atoms with Crippen LogP contribution in [0, 0.1) is 0 Å². The van der Waals surface area contributed by atoms with Crippen molar-refractivity contribution in [1.82, 2.24) is 9.97 Å². The SMILES string of the molecule is CN(c1cccc(C(N)=S)c1)c1ncc[nH]c1=O. The zero-order chi connectivity index (χ0) is 13.1. The van der Waals surface area contributed by atoms with Crippen molar-refractivity contribution in [2.45, 2.75) is 0 Å². The quantitative estimate of drug-likeness (QED) is 0.810. The number of nitrogens with zero attached hydrogens (tertiary/aromatic N) is 2. The second-order valence-corrected chi connectivity index (χ2v) is 4.16. The molecule has 0 saturated carbocycles. The molecule has 2 aromatic rings. The maximum absolute atomic E-state index is 11.6. The number of H-pyrrole nitrogens is 1. The summed E-state index contributed by atoms with van der Waals surface area (Å²) < 4.78 is 0. The smallest absolute Gasteiger partial charge is 0.291 e. The Morgan fingerprint density at radius 2 is 2.28 bits per heavy atom. The minimum absolute atomic E-state index is 0.249. The van der Waals surface area contributed by atoms with E-state index < -0.39 is 0 Å². The minimum atomic E-state index is -0.249. The summed E-state index contributed by atoms with van der Waals surface area (Å²) in [5, 5.41) is 0. The highest BCUT2D eigenvalue weighted by molar-refractivity contribution is 7.80. The fraction of sp³-hybridized carbons (Fsp3) is 0.0833. The third-order valence-corrected chi connectivity index (χ3v) is 2.76. The summed E-state index contributed by atoms with van der Waals surface area (Å²) in [7, 11) is 1.76. The van der Waals surface area contributed by atoms with Gasteiger partial charge in [0.15, 0.2) is 5.82 Å². The van der Waals surface area contributed by atoms with E-state index in [1.54, 1.807) is 11.9 Å². The maximum atomic E-state index is 11.6. The molecule has 2 rings (SSSR count). The summed E-state index contributed by atoms with van der Waals surface area (Å²) in [6.07, 6.45) is 3.02. The molecule has 0 spiro atoms. The Morgan fingerprint density at radius 3 is 2.94 bits per heavy atom. The number of anilines is 2. The van der Waals surface area contributed by atoms with Gasteiger partial charge in [0.2, 0.25) is 0 Å². The number of nitrogens with two attached hydrogens (primary N) is 1. The van der Waals surface area contributed by atoms with Gasteiger partial charge in [0, 0.05) is 30.7 Å². The molecule has 0 aliphatic rings. The average Bonchev–Trinajstić information content (AvgIpc) is 2.38. The average molecular weight is 260 g/mol. The van der Waals surface area contributed by atoms with Crippen LogP contribution in [0.4, 0.5) is 11.5 Å². The van der Waals surface area contributed by atoms with E-state index in [9.17, 15) is 4.79 Å². The van der Waals surface area contributed by atoms with Crippen molar-refractivity contribution in [3.8, 4) is 0 Å². The summed E-state index contributed by atoms with van der Waals surface area (Å²) in [5.74, 6) is 0.317. The van der Waals surface area contributed by atoms with Crippen LogP contribution < -0.4 is 16.2 Å². The molecule has 0 unspecified atom stereocenters. The Bertz CT molecular complexity index is 638. The van der Waals surface area contributed by atoms with Crippen LogP contribution in [0.1, 0.15) is 5.56 Å². The molecule has 0 fully saturated rings. The van der Waals surface area contributed by atoms with Crippen molar-refractivity contribution in [2.75, 3.05) is 11.9 Å². The van der Waals surface area contributed by atoms with Crippen molar-refractivity contribution in [2.24, 2.45) is 5.73 Å². The molecule has 18 heavy (non-hydrogen) atoms. The molecule has 0 aliphatic carbocycles. The molecule has 1 heterocycles. The molecule has 0 bridgehead atoms. The Hall–Kier alpha value is -2.21. The first-order valence-electron chi connectivity index (χ1n) is 5.27. The van der Waals surface area contributed by atoms with Crippen molar-refractivity contribution >= 4 is 28.7 Å². The van der Waals surface area contributed by atoms with Crippen molar-refractivity contribution in [3.05, 3.63) is 52.6 Å². The van der Waals surface area contributed by atoms with Gasteiger partial charge in [-0.25, -0.2) is 4.98 Å². The molecule has 5 nitrogen and oxygen atoms in total. The molecule has 0 radical (unpaired) electrons. The number of benzene rings is 1. The maximum Gasteiger partial charge on any atom is 0.291 e. The topological polar surface area (TPSA) is 75.0 Å². The Labute approximate surface area is 109 Å². The lowest BCUT2D eigenvalue weighted by Gasteiger charge is -2.17. The Balaban J connectivity index is 2.43. The number of rotatable bonds is 3. The second kappa shape index (κ2) is 4.97. The van der Waals surface area contributed by atoms with Gasteiger partial charge in [-0.15, -0.1) is 0 Å². The zero-order valence-electron chi connectivity index (χ0n) is 9.75. The van der Waals surface area contributed by atoms with E-state index in [1.165, 1.54) is 12.4 Å². The molecular formula is C12H12N4OS. The van der Waals surface area contributed by atoms with Crippen molar-refractivity contribution < 1.29 is 0 Å². The first-order valence-corrected chi connectivity index (χ1v) is 5.67. The normalized spacial score (nSPS) is 10.1. The monoisotopic (exact) mass is 260 g/mol. The largest absolute Gasteiger partial charge is 0.389 e. The van der Waals surface area contributed by atoms with Crippen molar-refractivity contribution in [3.63, 3.8) is 0 Å². The van der Waals surface area contributed by atoms with Gasteiger partial charge < -0.3 is 15.6 Å². The molecule has 0 saturated heterocycles. The van der Waals surface area contributed by atoms with Gasteiger partial charge in [-0.3, -0.25) is 4.79 Å². The minimum Gasteiger partial charge on any atom is -0.389 e. The number of thiocarbonyl (C=S) groups is 1. The van der Waals surface area contributed by atoms with Crippen LogP contribution in [0.25, 0.3) is 0 Å². The van der Waals surface area contributed by atoms with Gasteiger partial charge in [0.25, 0.3) is 5.56 Å². The van der Waals surface area contributed by atoms with E-state index in [0.29, 0.717) is 10.8 Å². The van der Waals surface area contributed by atoms with Crippen LogP contribution in [-0.2, 0) is 0 Å². The lowest BCUT2D eigenvalue weighted by Crippen LogP contribution is -2.22. The Morgan fingerprint density at radius 1 is 1.50 bits per heavy atom. The first-order chi connectivity index (χ1) is 8.59. The fourth-order valence-electron chi connectivity index (χ4n) is 1.57. The lowest BCUT2D eigenvalue weighted by atomic mass is 10.2. The molecule has 6 heteroatoms. The highest BCUT2D eigenvalue weighted by atomic mass is 32.1. The van der Waals surface area contributed by atoms with Crippen LogP contribution in [0.5, 0.6) is 0 Å². The van der Waals surface area contributed by atoms with Crippen LogP contribution in [0.2, 0.25) is 0 Å². The molecule has 92 valence electrons. The van der Waals surface area contributed by atoms with E-state index in [0.717, 1.165) is 11.3 Å². The summed E-state index contributed by atoms with van der Waals surface area (Å²) >= 11 is 4.93. The highest BCUT2D eigenvalue weighted by Gasteiger charge is 2.09. The first kappa shape index (κ1) is 12.3. The fourth-order valence-corrected chi connectivity index (χ4v) is 1.70. The number of hydrogen-bond donors (Lipinski definition) is 2. The molecular weight excluding hydrogens is 248 g/mol. The lowest BCUT2D eigenvalue weighted by molar-refractivity contribution is 1.05. The van der Waals surface area contributed by atoms with E-state index in [2.05, 4.69) is 9.97 Å². The molecule has 1 aromatic carbocycles. The van der Waals surface area contributed by atoms with Gasteiger partial charge in [-0.1, -0.05) is 24.4 Å². The summed E-state index contributed by atoms with van der Waals surface area (Å²) in [5.41, 5.74) is 6.88.